The lowest BCUT2D eigenvalue weighted by atomic mass is 9.88. The van der Waals surface area contributed by atoms with Crippen LogP contribution >= 0.6 is 12.4 Å². The molecule has 1 atom stereocenters. The number of nitrogens with two attached hydrogens (primary N) is 1. The van der Waals surface area contributed by atoms with Gasteiger partial charge in [0.2, 0.25) is 0 Å². The van der Waals surface area contributed by atoms with Crippen molar-refractivity contribution in [2.45, 2.75) is 31.2 Å². The van der Waals surface area contributed by atoms with E-state index in [1.165, 1.54) is 18.2 Å². The van der Waals surface area contributed by atoms with Crippen LogP contribution in [-0.2, 0) is 10.0 Å². The van der Waals surface area contributed by atoms with E-state index < -0.39 is 15.6 Å². The molecule has 4 N–H and O–H groups in total. The number of rotatable bonds is 7. The minimum atomic E-state index is -3.71. The van der Waals surface area contributed by atoms with Gasteiger partial charge in [0, 0.05) is 17.8 Å². The van der Waals surface area contributed by atoms with E-state index in [0.29, 0.717) is 17.8 Å². The molecule has 2 aromatic rings. The molecule has 0 aliphatic rings. The van der Waals surface area contributed by atoms with Gasteiger partial charge in [-0.1, -0.05) is 38.1 Å². The summed E-state index contributed by atoms with van der Waals surface area (Å²) in [4.78, 5) is 12.7. The number of carbonyl (C=O) groups is 1. The van der Waals surface area contributed by atoms with Crippen molar-refractivity contribution in [1.82, 2.24) is 5.32 Å². The number of benzene rings is 2. The van der Waals surface area contributed by atoms with Crippen LogP contribution in [-0.4, -0.2) is 26.4 Å². The van der Waals surface area contributed by atoms with Gasteiger partial charge in [0.15, 0.2) is 0 Å². The Morgan fingerprint density at radius 2 is 1.74 bits per heavy atom. The quantitative estimate of drug-likeness (QED) is 0.651. The highest BCUT2D eigenvalue weighted by atomic mass is 35.5. The van der Waals surface area contributed by atoms with E-state index in [1.807, 2.05) is 20.8 Å². The fourth-order valence-corrected chi connectivity index (χ4v) is 3.37. The first kappa shape index (κ1) is 23.0. The molecule has 2 rings (SSSR count). The number of nitrogens with one attached hydrogen (secondary N) is 2. The molecule has 0 aliphatic heterocycles. The molecular weight excluding hydrogens is 386 g/mol. The summed E-state index contributed by atoms with van der Waals surface area (Å²) in [6.07, 6.45) is 0. The molecule has 0 aromatic heterocycles. The van der Waals surface area contributed by atoms with Crippen LogP contribution in [0.2, 0.25) is 0 Å². The Hall–Kier alpha value is -2.09. The monoisotopic (exact) mass is 411 g/mol. The van der Waals surface area contributed by atoms with Gasteiger partial charge >= 0.3 is 0 Å². The second kappa shape index (κ2) is 9.21. The van der Waals surface area contributed by atoms with Gasteiger partial charge in [0.1, 0.15) is 0 Å². The van der Waals surface area contributed by atoms with Crippen molar-refractivity contribution in [3.8, 4) is 0 Å². The van der Waals surface area contributed by atoms with E-state index in [-0.39, 0.29) is 29.1 Å². The predicted molar refractivity (Wildman–Crippen MR) is 111 cm³/mol. The smallest absolute Gasteiger partial charge is 0.261 e. The van der Waals surface area contributed by atoms with Gasteiger partial charge in [-0.05, 0) is 43.2 Å². The van der Waals surface area contributed by atoms with Crippen LogP contribution in [0, 0.1) is 5.92 Å². The lowest BCUT2D eigenvalue weighted by molar-refractivity contribution is 0.0883. The Morgan fingerprint density at radius 3 is 2.30 bits per heavy atom. The highest BCUT2D eigenvalue weighted by Gasteiger charge is 2.29. The SMILES string of the molecule is CC(C)C(C)(CN)NC(=O)c1cccc(NS(=O)(=O)c2ccccc2)c1.Cl. The summed E-state index contributed by atoms with van der Waals surface area (Å²) in [6, 6.07) is 14.4. The van der Waals surface area contributed by atoms with E-state index >= 15 is 0 Å². The third-order valence-corrected chi connectivity index (χ3v) is 5.93. The molecule has 1 unspecified atom stereocenters. The van der Waals surface area contributed by atoms with Gasteiger partial charge in [-0.2, -0.15) is 0 Å². The highest BCUT2D eigenvalue weighted by molar-refractivity contribution is 7.92. The molecule has 0 spiro atoms. The Labute approximate surface area is 167 Å². The van der Waals surface area contributed by atoms with Gasteiger partial charge in [0.25, 0.3) is 15.9 Å². The summed E-state index contributed by atoms with van der Waals surface area (Å²) < 4.78 is 27.3. The molecule has 0 saturated carbocycles. The molecule has 1 amide bonds. The molecule has 6 nitrogen and oxygen atoms in total. The molecule has 0 heterocycles. The van der Waals surface area contributed by atoms with Gasteiger partial charge < -0.3 is 11.1 Å². The minimum absolute atomic E-state index is 0. The third kappa shape index (κ3) is 5.69. The Balaban J connectivity index is 0.00000364. The first-order valence-corrected chi connectivity index (χ1v) is 9.87. The van der Waals surface area contributed by atoms with Crippen LogP contribution < -0.4 is 15.8 Å². The van der Waals surface area contributed by atoms with Gasteiger partial charge in [-0.3, -0.25) is 9.52 Å². The predicted octanol–water partition coefficient (Wildman–Crippen LogP) is 3.01. The fourth-order valence-electron chi connectivity index (χ4n) is 2.30. The number of hydrogen-bond donors (Lipinski definition) is 3. The number of sulfonamides is 1. The van der Waals surface area contributed by atoms with Crippen molar-refractivity contribution in [3.05, 3.63) is 60.2 Å². The van der Waals surface area contributed by atoms with Crippen molar-refractivity contribution in [3.63, 3.8) is 0 Å². The average molecular weight is 412 g/mol. The molecule has 27 heavy (non-hydrogen) atoms. The van der Waals surface area contributed by atoms with Crippen LogP contribution in [0.1, 0.15) is 31.1 Å². The van der Waals surface area contributed by atoms with Crippen molar-refractivity contribution in [1.29, 1.82) is 0 Å². The molecule has 2 aromatic carbocycles. The molecular formula is C19H26ClN3O3S. The lowest BCUT2D eigenvalue weighted by Crippen LogP contribution is -2.55. The van der Waals surface area contributed by atoms with Gasteiger partial charge in [-0.25, -0.2) is 8.42 Å². The maximum atomic E-state index is 12.6. The minimum Gasteiger partial charge on any atom is -0.345 e. The zero-order chi connectivity index (χ0) is 19.4. The number of anilines is 1. The van der Waals surface area contributed by atoms with E-state index in [2.05, 4.69) is 10.0 Å². The summed E-state index contributed by atoms with van der Waals surface area (Å²) in [5, 5.41) is 2.94. The van der Waals surface area contributed by atoms with E-state index in [0.717, 1.165) is 0 Å². The first-order valence-electron chi connectivity index (χ1n) is 8.38. The third-order valence-electron chi connectivity index (χ3n) is 4.53. The van der Waals surface area contributed by atoms with Crippen LogP contribution in [0.4, 0.5) is 5.69 Å². The highest BCUT2D eigenvalue weighted by Crippen LogP contribution is 2.19. The maximum absolute atomic E-state index is 12.6. The second-order valence-electron chi connectivity index (χ2n) is 6.73. The Morgan fingerprint density at radius 1 is 1.11 bits per heavy atom. The number of amides is 1. The number of halogens is 1. The molecule has 0 bridgehead atoms. The molecule has 148 valence electrons. The standard InChI is InChI=1S/C19H25N3O3S.ClH/c1-14(2)19(3,13-20)21-18(23)15-8-7-9-16(12-15)22-26(24,25)17-10-5-4-6-11-17;/h4-12,14,22H,13,20H2,1-3H3,(H,21,23);1H. The first-order chi connectivity index (χ1) is 12.2. The molecule has 0 aliphatic carbocycles. The van der Waals surface area contributed by atoms with Crippen molar-refractivity contribution in [2.75, 3.05) is 11.3 Å². The second-order valence-corrected chi connectivity index (χ2v) is 8.41. The van der Waals surface area contributed by atoms with Gasteiger partial charge in [0.05, 0.1) is 10.4 Å². The zero-order valence-electron chi connectivity index (χ0n) is 15.6. The molecule has 0 saturated heterocycles. The summed E-state index contributed by atoms with van der Waals surface area (Å²) in [5.41, 5.74) is 5.94. The Bertz CT molecular complexity index is 873. The van der Waals surface area contributed by atoms with Gasteiger partial charge in [-0.15, -0.1) is 12.4 Å². The molecule has 0 fully saturated rings. The van der Waals surface area contributed by atoms with E-state index in [1.54, 1.807) is 36.4 Å². The van der Waals surface area contributed by atoms with Crippen molar-refractivity contribution < 1.29 is 13.2 Å². The van der Waals surface area contributed by atoms with Crippen LogP contribution in [0.5, 0.6) is 0 Å². The Kier molecular flexibility index (Phi) is 7.83. The summed E-state index contributed by atoms with van der Waals surface area (Å²) in [7, 11) is -3.71. The maximum Gasteiger partial charge on any atom is 0.261 e. The summed E-state index contributed by atoms with van der Waals surface area (Å²) in [6.45, 7) is 6.16. The lowest BCUT2D eigenvalue weighted by Gasteiger charge is -2.33. The normalized spacial score (nSPS) is 13.4. The van der Waals surface area contributed by atoms with Crippen molar-refractivity contribution in [2.24, 2.45) is 11.7 Å². The molecule has 8 heteroatoms. The molecule has 0 radical (unpaired) electrons. The van der Waals surface area contributed by atoms with Crippen LogP contribution in [0.3, 0.4) is 0 Å². The zero-order valence-corrected chi connectivity index (χ0v) is 17.2. The number of hydrogen-bond acceptors (Lipinski definition) is 4. The van der Waals surface area contributed by atoms with E-state index in [4.69, 9.17) is 5.73 Å². The topological polar surface area (TPSA) is 101 Å². The largest absolute Gasteiger partial charge is 0.345 e. The average Bonchev–Trinajstić information content (AvgIpc) is 2.62. The van der Waals surface area contributed by atoms with E-state index in [9.17, 15) is 13.2 Å². The van der Waals surface area contributed by atoms with Crippen molar-refractivity contribution >= 4 is 34.0 Å². The number of carbonyl (C=O) groups excluding carboxylic acids is 1. The van der Waals surface area contributed by atoms with Crippen LogP contribution in [0.15, 0.2) is 59.5 Å². The summed E-state index contributed by atoms with van der Waals surface area (Å²) in [5.74, 6) is -0.149. The fraction of sp³-hybridized carbons (Fsp3) is 0.316. The summed E-state index contributed by atoms with van der Waals surface area (Å²) >= 11 is 0. The van der Waals surface area contributed by atoms with Crippen LogP contribution in [0.25, 0.3) is 0 Å².